The number of ether oxygens (including phenoxy) is 1. The Labute approximate surface area is 180 Å². The molecule has 1 fully saturated rings. The number of hydrogen-bond acceptors (Lipinski definition) is 6. The van der Waals surface area contributed by atoms with Gasteiger partial charge < -0.3 is 14.6 Å². The molecule has 0 spiro atoms. The minimum atomic E-state index is -0.482. The van der Waals surface area contributed by atoms with Crippen LogP contribution in [0.5, 0.6) is 0 Å². The molecule has 1 aromatic carbocycles. The van der Waals surface area contributed by atoms with Crippen LogP contribution in [0.3, 0.4) is 0 Å². The molecular formula is C21H28BrN5O2. The molecule has 0 atom stereocenters. The number of benzene rings is 1. The summed E-state index contributed by atoms with van der Waals surface area (Å²) in [6.45, 7) is 8.86. The zero-order chi connectivity index (χ0) is 21.2. The summed E-state index contributed by atoms with van der Waals surface area (Å²) in [7, 11) is 0. The van der Waals surface area contributed by atoms with Crippen LogP contribution in [0.1, 0.15) is 46.2 Å². The second-order valence-electron chi connectivity index (χ2n) is 8.35. The minimum Gasteiger partial charge on any atom is -0.444 e. The second kappa shape index (κ2) is 8.67. The third-order valence-corrected chi connectivity index (χ3v) is 5.28. The number of nitrogens with zero attached hydrogens (tertiary/aromatic N) is 4. The maximum Gasteiger partial charge on any atom is 0.410 e. The minimum absolute atomic E-state index is 0.159. The van der Waals surface area contributed by atoms with Crippen LogP contribution in [0.25, 0.3) is 16.6 Å². The molecule has 29 heavy (non-hydrogen) atoms. The van der Waals surface area contributed by atoms with E-state index in [1.165, 1.54) is 0 Å². The summed E-state index contributed by atoms with van der Waals surface area (Å²) in [5.74, 6) is 6.31. The fraction of sp³-hybridized carbons (Fsp3) is 0.476. The van der Waals surface area contributed by atoms with Crippen LogP contribution in [0.2, 0.25) is 0 Å². The molecular weight excluding hydrogens is 434 g/mol. The van der Waals surface area contributed by atoms with Crippen molar-refractivity contribution in [1.29, 1.82) is 0 Å². The predicted molar refractivity (Wildman–Crippen MR) is 118 cm³/mol. The number of allylic oxidation sites excluding steroid dienone is 1. The first kappa shape index (κ1) is 21.5. The van der Waals surface area contributed by atoms with Gasteiger partial charge in [0.2, 0.25) is 0 Å². The Kier molecular flexibility index (Phi) is 6.43. The summed E-state index contributed by atoms with van der Waals surface area (Å²) in [5.41, 5.74) is 2.93. The average Bonchev–Trinajstić information content (AvgIpc) is 2.66. The standard InChI is InChI=1S/C21H28BrN5O2/c1-14(19-12-24-17-6-5-15(22)11-18(17)25-19)13-27(23)16-7-9-26(10-8-16)20(28)29-21(2,3)4/h5-6,11-13,16H,7-10,23H2,1-4H3/b14-13+. The first-order valence-electron chi connectivity index (χ1n) is 9.74. The van der Waals surface area contributed by atoms with Gasteiger partial charge in [0, 0.05) is 29.8 Å². The van der Waals surface area contributed by atoms with E-state index in [-0.39, 0.29) is 12.1 Å². The van der Waals surface area contributed by atoms with E-state index in [1.807, 2.05) is 52.1 Å². The second-order valence-corrected chi connectivity index (χ2v) is 9.26. The highest BCUT2D eigenvalue weighted by Crippen LogP contribution is 2.22. The van der Waals surface area contributed by atoms with Crippen molar-refractivity contribution in [2.24, 2.45) is 5.84 Å². The third-order valence-electron chi connectivity index (χ3n) is 4.79. The van der Waals surface area contributed by atoms with Crippen molar-refractivity contribution < 1.29 is 9.53 Å². The van der Waals surface area contributed by atoms with Crippen molar-refractivity contribution in [3.05, 3.63) is 40.8 Å². The number of carbonyl (C=O) groups excluding carboxylic acids is 1. The molecule has 0 unspecified atom stereocenters. The van der Waals surface area contributed by atoms with Gasteiger partial charge in [-0.2, -0.15) is 0 Å². The van der Waals surface area contributed by atoms with Crippen LogP contribution in [-0.4, -0.2) is 50.7 Å². The molecule has 1 aliphatic heterocycles. The number of aromatic nitrogens is 2. The van der Waals surface area contributed by atoms with Gasteiger partial charge in [0.05, 0.1) is 22.9 Å². The molecule has 0 aliphatic carbocycles. The Morgan fingerprint density at radius 2 is 2.00 bits per heavy atom. The summed E-state index contributed by atoms with van der Waals surface area (Å²) in [6, 6.07) is 5.99. The molecule has 1 saturated heterocycles. The number of halogens is 1. The summed E-state index contributed by atoms with van der Waals surface area (Å²) in [4.78, 5) is 23.1. The molecule has 2 N–H and O–H groups in total. The van der Waals surface area contributed by atoms with Crippen molar-refractivity contribution >= 4 is 38.6 Å². The molecule has 1 amide bonds. The molecule has 8 heteroatoms. The number of piperidine rings is 1. The van der Waals surface area contributed by atoms with E-state index >= 15 is 0 Å². The topological polar surface area (TPSA) is 84.6 Å². The fourth-order valence-electron chi connectivity index (χ4n) is 3.24. The van der Waals surface area contributed by atoms with Crippen molar-refractivity contribution in [2.75, 3.05) is 13.1 Å². The van der Waals surface area contributed by atoms with Crippen LogP contribution < -0.4 is 5.84 Å². The predicted octanol–water partition coefficient (Wildman–Crippen LogP) is 4.33. The lowest BCUT2D eigenvalue weighted by Gasteiger charge is -2.36. The Morgan fingerprint density at radius 3 is 2.66 bits per heavy atom. The number of amides is 1. The highest BCUT2D eigenvalue weighted by Gasteiger charge is 2.28. The van der Waals surface area contributed by atoms with Crippen LogP contribution >= 0.6 is 15.9 Å². The maximum atomic E-state index is 12.2. The van der Waals surface area contributed by atoms with E-state index in [0.717, 1.165) is 39.6 Å². The number of rotatable bonds is 3. The van der Waals surface area contributed by atoms with E-state index in [0.29, 0.717) is 13.1 Å². The molecule has 0 bridgehead atoms. The molecule has 3 rings (SSSR count). The van der Waals surface area contributed by atoms with E-state index in [4.69, 9.17) is 15.6 Å². The highest BCUT2D eigenvalue weighted by molar-refractivity contribution is 9.10. The lowest BCUT2D eigenvalue weighted by Crippen LogP contribution is -2.48. The average molecular weight is 462 g/mol. The van der Waals surface area contributed by atoms with Gasteiger partial charge in [-0.3, -0.25) is 4.98 Å². The van der Waals surface area contributed by atoms with Gasteiger partial charge in [0.1, 0.15) is 5.60 Å². The van der Waals surface area contributed by atoms with Gasteiger partial charge >= 0.3 is 6.09 Å². The van der Waals surface area contributed by atoms with Gasteiger partial charge in [-0.05, 0) is 64.3 Å². The summed E-state index contributed by atoms with van der Waals surface area (Å²) in [6.07, 6.45) is 4.98. The lowest BCUT2D eigenvalue weighted by atomic mass is 10.0. The molecule has 1 aromatic heterocycles. The van der Waals surface area contributed by atoms with Gasteiger partial charge in [-0.25, -0.2) is 15.6 Å². The molecule has 7 nitrogen and oxygen atoms in total. The van der Waals surface area contributed by atoms with Crippen molar-refractivity contribution in [3.63, 3.8) is 0 Å². The summed E-state index contributed by atoms with van der Waals surface area (Å²) >= 11 is 3.47. The summed E-state index contributed by atoms with van der Waals surface area (Å²) < 4.78 is 6.42. The van der Waals surface area contributed by atoms with Crippen LogP contribution in [-0.2, 0) is 4.74 Å². The lowest BCUT2D eigenvalue weighted by molar-refractivity contribution is 0.0165. The first-order chi connectivity index (χ1) is 13.6. The van der Waals surface area contributed by atoms with Gasteiger partial charge in [0.15, 0.2) is 0 Å². The largest absolute Gasteiger partial charge is 0.444 e. The number of hydrogen-bond donors (Lipinski definition) is 1. The number of likely N-dealkylation sites (tertiary alicyclic amines) is 1. The quantitative estimate of drug-likeness (QED) is 0.540. The Balaban J connectivity index is 1.63. The number of nitrogens with two attached hydrogens (primary N) is 1. The Morgan fingerprint density at radius 1 is 1.31 bits per heavy atom. The smallest absolute Gasteiger partial charge is 0.410 e. The van der Waals surface area contributed by atoms with Crippen LogP contribution in [0.4, 0.5) is 4.79 Å². The summed E-state index contributed by atoms with van der Waals surface area (Å²) in [5, 5.41) is 1.73. The molecule has 1 aliphatic rings. The monoisotopic (exact) mass is 461 g/mol. The highest BCUT2D eigenvalue weighted by atomic mass is 79.9. The van der Waals surface area contributed by atoms with E-state index in [1.54, 1.807) is 16.1 Å². The zero-order valence-corrected chi connectivity index (χ0v) is 18.9. The molecule has 156 valence electrons. The van der Waals surface area contributed by atoms with Crippen molar-refractivity contribution in [1.82, 2.24) is 19.9 Å². The maximum absolute atomic E-state index is 12.2. The van der Waals surface area contributed by atoms with Gasteiger partial charge in [-0.1, -0.05) is 15.9 Å². The fourth-order valence-corrected chi connectivity index (χ4v) is 3.59. The first-order valence-corrected chi connectivity index (χ1v) is 10.5. The molecule has 0 radical (unpaired) electrons. The Bertz CT molecular complexity index is 917. The van der Waals surface area contributed by atoms with Crippen LogP contribution in [0.15, 0.2) is 35.1 Å². The van der Waals surface area contributed by atoms with Crippen molar-refractivity contribution in [3.8, 4) is 0 Å². The van der Waals surface area contributed by atoms with Gasteiger partial charge in [-0.15, -0.1) is 0 Å². The number of carbonyl (C=O) groups is 1. The van der Waals surface area contributed by atoms with Crippen LogP contribution in [0, 0.1) is 0 Å². The zero-order valence-electron chi connectivity index (χ0n) is 17.4. The van der Waals surface area contributed by atoms with Gasteiger partial charge in [0.25, 0.3) is 0 Å². The molecule has 2 heterocycles. The van der Waals surface area contributed by atoms with E-state index < -0.39 is 5.60 Å². The number of hydrazine groups is 1. The number of fused-ring (bicyclic) bond motifs is 1. The SMILES string of the molecule is C/C(=C\N(N)C1CCN(C(=O)OC(C)(C)C)CC1)c1cnc2ccc(Br)cc2n1. The normalized spacial score (nSPS) is 16.2. The van der Waals surface area contributed by atoms with Crippen molar-refractivity contribution in [2.45, 2.75) is 52.2 Å². The molecule has 2 aromatic rings. The van der Waals surface area contributed by atoms with E-state index in [2.05, 4.69) is 20.9 Å². The molecule has 0 saturated carbocycles. The third kappa shape index (κ3) is 5.67. The van der Waals surface area contributed by atoms with E-state index in [9.17, 15) is 4.79 Å². The Hall–Kier alpha value is -2.19.